The van der Waals surface area contributed by atoms with Crippen molar-refractivity contribution in [2.45, 2.75) is 19.4 Å². The molecule has 1 amide bonds. The van der Waals surface area contributed by atoms with Crippen LogP contribution in [0.5, 0.6) is 11.5 Å². The second-order valence-electron chi connectivity index (χ2n) is 7.02. The van der Waals surface area contributed by atoms with Gasteiger partial charge < -0.3 is 20.5 Å². The van der Waals surface area contributed by atoms with E-state index in [1.165, 1.54) is 0 Å². The molecule has 0 aromatic heterocycles. The number of carbonyl (C=O) groups excluding carboxylic acids is 1. The largest absolute Gasteiger partial charge is 0.494 e. The number of amides is 1. The first-order valence-electron chi connectivity index (χ1n) is 9.80. The second kappa shape index (κ2) is 11.2. The van der Waals surface area contributed by atoms with E-state index in [0.29, 0.717) is 36.8 Å². The number of methoxy groups -OCH3 is 1. The zero-order chi connectivity index (χ0) is 22.2. The Morgan fingerprint density at radius 2 is 1.68 bits per heavy atom. The third-order valence-electron chi connectivity index (χ3n) is 4.68. The fourth-order valence-electron chi connectivity index (χ4n) is 3.10. The third kappa shape index (κ3) is 6.74. The van der Waals surface area contributed by atoms with Crippen LogP contribution >= 0.6 is 31.9 Å². The van der Waals surface area contributed by atoms with Gasteiger partial charge in [0.15, 0.2) is 0 Å². The van der Waals surface area contributed by atoms with Crippen molar-refractivity contribution in [2.24, 2.45) is 0 Å². The molecule has 0 atom stereocenters. The summed E-state index contributed by atoms with van der Waals surface area (Å²) in [5.41, 5.74) is 9.67. The zero-order valence-corrected chi connectivity index (χ0v) is 20.3. The number of nitrogens with one attached hydrogen (secondary N) is 1. The molecular formula is C24H24Br2N2O3. The van der Waals surface area contributed by atoms with Gasteiger partial charge in [-0.25, -0.2) is 0 Å². The SMILES string of the molecule is COc1c(Br)cc(CC(=O)NCCc2ccc(N)c(OCc3ccccc3)c2)cc1Br. The topological polar surface area (TPSA) is 73.6 Å². The molecule has 3 N–H and O–H groups in total. The van der Waals surface area contributed by atoms with Crippen LogP contribution in [0.25, 0.3) is 0 Å². The highest BCUT2D eigenvalue weighted by molar-refractivity contribution is 9.11. The number of hydrogen-bond donors (Lipinski definition) is 2. The Balaban J connectivity index is 1.51. The van der Waals surface area contributed by atoms with E-state index in [1.807, 2.05) is 60.7 Å². The van der Waals surface area contributed by atoms with Crippen LogP contribution in [0.1, 0.15) is 16.7 Å². The summed E-state index contributed by atoms with van der Waals surface area (Å²) in [5.74, 6) is 1.32. The molecule has 0 unspecified atom stereocenters. The number of nitrogen functional groups attached to an aromatic ring is 1. The summed E-state index contributed by atoms with van der Waals surface area (Å²) >= 11 is 6.93. The van der Waals surface area contributed by atoms with E-state index in [-0.39, 0.29) is 12.3 Å². The van der Waals surface area contributed by atoms with E-state index in [0.717, 1.165) is 25.6 Å². The molecule has 0 aliphatic heterocycles. The fraction of sp³-hybridized carbons (Fsp3) is 0.208. The van der Waals surface area contributed by atoms with Crippen LogP contribution in [0.3, 0.4) is 0 Å². The third-order valence-corrected chi connectivity index (χ3v) is 5.86. The van der Waals surface area contributed by atoms with Gasteiger partial charge in [-0.3, -0.25) is 4.79 Å². The van der Waals surface area contributed by atoms with Gasteiger partial charge in [0, 0.05) is 6.54 Å². The second-order valence-corrected chi connectivity index (χ2v) is 8.72. The standard InChI is InChI=1S/C24H24Br2N2O3/c1-30-24-19(25)11-18(12-20(24)26)14-23(29)28-10-9-16-7-8-21(27)22(13-16)31-15-17-5-3-2-4-6-17/h2-8,11-13H,9-10,14-15,27H2,1H3,(H,28,29). The Kier molecular flexibility index (Phi) is 8.37. The van der Waals surface area contributed by atoms with Crippen LogP contribution in [-0.2, 0) is 24.2 Å². The summed E-state index contributed by atoms with van der Waals surface area (Å²) in [6, 6.07) is 19.4. The van der Waals surface area contributed by atoms with Gasteiger partial charge in [-0.1, -0.05) is 36.4 Å². The number of rotatable bonds is 9. The quantitative estimate of drug-likeness (QED) is 0.357. The summed E-state index contributed by atoms with van der Waals surface area (Å²) < 4.78 is 12.8. The molecule has 0 spiro atoms. The maximum Gasteiger partial charge on any atom is 0.224 e. The van der Waals surface area contributed by atoms with Gasteiger partial charge in [0.1, 0.15) is 18.1 Å². The minimum atomic E-state index is -0.0417. The molecule has 0 fully saturated rings. The molecule has 5 nitrogen and oxygen atoms in total. The predicted molar refractivity (Wildman–Crippen MR) is 130 cm³/mol. The number of nitrogens with two attached hydrogens (primary N) is 1. The van der Waals surface area contributed by atoms with Crippen molar-refractivity contribution >= 4 is 43.5 Å². The molecule has 31 heavy (non-hydrogen) atoms. The number of halogens is 2. The molecule has 0 aliphatic rings. The van der Waals surface area contributed by atoms with E-state index < -0.39 is 0 Å². The van der Waals surface area contributed by atoms with Crippen molar-refractivity contribution in [3.05, 3.63) is 86.3 Å². The molecule has 3 aromatic rings. The maximum atomic E-state index is 12.3. The summed E-state index contributed by atoms with van der Waals surface area (Å²) in [6.07, 6.45) is 0.970. The van der Waals surface area contributed by atoms with Crippen molar-refractivity contribution in [3.8, 4) is 11.5 Å². The molecule has 0 bridgehead atoms. The van der Waals surface area contributed by atoms with Crippen molar-refractivity contribution in [2.75, 3.05) is 19.4 Å². The monoisotopic (exact) mass is 546 g/mol. The molecular weight excluding hydrogens is 524 g/mol. The highest BCUT2D eigenvalue weighted by Gasteiger charge is 2.11. The van der Waals surface area contributed by atoms with Crippen molar-refractivity contribution in [3.63, 3.8) is 0 Å². The van der Waals surface area contributed by atoms with Crippen molar-refractivity contribution in [1.82, 2.24) is 5.32 Å². The maximum absolute atomic E-state index is 12.3. The molecule has 0 radical (unpaired) electrons. The number of carbonyl (C=O) groups is 1. The van der Waals surface area contributed by atoms with E-state index in [4.69, 9.17) is 15.2 Å². The Hall–Kier alpha value is -2.51. The Bertz CT molecular complexity index is 1020. The number of hydrogen-bond acceptors (Lipinski definition) is 4. The van der Waals surface area contributed by atoms with Gasteiger partial charge in [-0.05, 0) is 79.2 Å². The average Bonchev–Trinajstić information content (AvgIpc) is 2.74. The van der Waals surface area contributed by atoms with Gasteiger partial charge in [-0.2, -0.15) is 0 Å². The Labute approximate surface area is 199 Å². The van der Waals surface area contributed by atoms with Crippen LogP contribution in [0.4, 0.5) is 5.69 Å². The zero-order valence-electron chi connectivity index (χ0n) is 17.2. The molecule has 0 aliphatic carbocycles. The molecule has 0 saturated carbocycles. The summed E-state index contributed by atoms with van der Waals surface area (Å²) in [4.78, 5) is 12.3. The van der Waals surface area contributed by atoms with E-state index in [2.05, 4.69) is 37.2 Å². The van der Waals surface area contributed by atoms with Crippen LogP contribution in [0, 0.1) is 0 Å². The minimum absolute atomic E-state index is 0.0417. The van der Waals surface area contributed by atoms with Gasteiger partial charge in [0.2, 0.25) is 5.91 Å². The summed E-state index contributed by atoms with van der Waals surface area (Å²) in [6.45, 7) is 0.984. The number of ether oxygens (including phenoxy) is 2. The van der Waals surface area contributed by atoms with Gasteiger partial charge in [0.05, 0.1) is 28.2 Å². The van der Waals surface area contributed by atoms with Crippen LogP contribution < -0.4 is 20.5 Å². The van der Waals surface area contributed by atoms with E-state index in [1.54, 1.807) is 7.11 Å². The number of anilines is 1. The molecule has 3 aromatic carbocycles. The molecule has 0 saturated heterocycles. The summed E-state index contributed by atoms with van der Waals surface area (Å²) in [7, 11) is 1.60. The molecule has 3 rings (SSSR count). The lowest BCUT2D eigenvalue weighted by molar-refractivity contribution is -0.120. The average molecular weight is 548 g/mol. The summed E-state index contributed by atoms with van der Waals surface area (Å²) in [5, 5.41) is 2.97. The smallest absolute Gasteiger partial charge is 0.224 e. The highest BCUT2D eigenvalue weighted by atomic mass is 79.9. The van der Waals surface area contributed by atoms with E-state index in [9.17, 15) is 4.79 Å². The van der Waals surface area contributed by atoms with Crippen molar-refractivity contribution < 1.29 is 14.3 Å². The minimum Gasteiger partial charge on any atom is -0.494 e. The molecule has 162 valence electrons. The molecule has 7 heteroatoms. The molecule has 0 heterocycles. The normalized spacial score (nSPS) is 10.5. The highest BCUT2D eigenvalue weighted by Crippen LogP contribution is 2.34. The first kappa shape index (κ1) is 23.2. The van der Waals surface area contributed by atoms with E-state index >= 15 is 0 Å². The van der Waals surface area contributed by atoms with Gasteiger partial charge in [0.25, 0.3) is 0 Å². The van der Waals surface area contributed by atoms with Crippen LogP contribution in [0.2, 0.25) is 0 Å². The van der Waals surface area contributed by atoms with Crippen LogP contribution in [-0.4, -0.2) is 19.6 Å². The predicted octanol–water partition coefficient (Wildman–Crippen LogP) is 5.28. The lowest BCUT2D eigenvalue weighted by atomic mass is 10.1. The Morgan fingerprint density at radius 3 is 2.35 bits per heavy atom. The Morgan fingerprint density at radius 1 is 0.968 bits per heavy atom. The van der Waals surface area contributed by atoms with Crippen molar-refractivity contribution in [1.29, 1.82) is 0 Å². The first-order chi connectivity index (χ1) is 15.0. The lowest BCUT2D eigenvalue weighted by Gasteiger charge is -2.12. The van der Waals surface area contributed by atoms with Gasteiger partial charge in [-0.15, -0.1) is 0 Å². The number of benzene rings is 3. The van der Waals surface area contributed by atoms with Crippen LogP contribution in [0.15, 0.2) is 69.6 Å². The lowest BCUT2D eigenvalue weighted by Crippen LogP contribution is -2.27. The first-order valence-corrected chi connectivity index (χ1v) is 11.4. The fourth-order valence-corrected chi connectivity index (χ4v) is 4.70. The van der Waals surface area contributed by atoms with Gasteiger partial charge >= 0.3 is 0 Å².